The highest BCUT2D eigenvalue weighted by Crippen LogP contribution is 2.14. The first-order valence-electron chi connectivity index (χ1n) is 6.74. The van der Waals surface area contributed by atoms with Gasteiger partial charge in [0, 0.05) is 13.1 Å². The molecule has 0 saturated carbocycles. The zero-order valence-corrected chi connectivity index (χ0v) is 11.3. The van der Waals surface area contributed by atoms with Crippen LogP contribution in [0.5, 0.6) is 0 Å². The summed E-state index contributed by atoms with van der Waals surface area (Å²) in [5.74, 6) is 0.152. The minimum absolute atomic E-state index is 0.0356. The van der Waals surface area contributed by atoms with Gasteiger partial charge < -0.3 is 10.6 Å². The Morgan fingerprint density at radius 3 is 2.72 bits per heavy atom. The van der Waals surface area contributed by atoms with Gasteiger partial charge in [0.2, 0.25) is 5.91 Å². The van der Waals surface area contributed by atoms with Crippen LogP contribution in [-0.4, -0.2) is 18.5 Å². The van der Waals surface area contributed by atoms with Crippen LogP contribution in [0.2, 0.25) is 0 Å². The molecule has 0 spiro atoms. The molecule has 3 heteroatoms. The van der Waals surface area contributed by atoms with Crippen molar-refractivity contribution in [3.63, 3.8) is 0 Å². The van der Waals surface area contributed by atoms with Crippen molar-refractivity contribution in [2.75, 3.05) is 6.54 Å². The number of hydrogen-bond donors (Lipinski definition) is 2. The SMILES string of the molecule is Cc1cccc(C)c1CNC1CCCCNC1=O. The van der Waals surface area contributed by atoms with Gasteiger partial charge in [0.25, 0.3) is 0 Å². The molecule has 0 aromatic heterocycles. The Hall–Kier alpha value is -1.35. The third-order valence-corrected chi connectivity index (χ3v) is 3.71. The van der Waals surface area contributed by atoms with E-state index in [-0.39, 0.29) is 11.9 Å². The lowest BCUT2D eigenvalue weighted by Crippen LogP contribution is -2.42. The Balaban J connectivity index is 2.00. The summed E-state index contributed by atoms with van der Waals surface area (Å²) in [6.07, 6.45) is 3.15. The fourth-order valence-electron chi connectivity index (χ4n) is 2.49. The second-order valence-electron chi connectivity index (χ2n) is 5.09. The molecule has 18 heavy (non-hydrogen) atoms. The summed E-state index contributed by atoms with van der Waals surface area (Å²) >= 11 is 0. The molecule has 0 bridgehead atoms. The predicted molar refractivity (Wildman–Crippen MR) is 73.4 cm³/mol. The fraction of sp³-hybridized carbons (Fsp3) is 0.533. The molecule has 2 rings (SSSR count). The largest absolute Gasteiger partial charge is 0.355 e. The van der Waals surface area contributed by atoms with E-state index in [2.05, 4.69) is 42.7 Å². The summed E-state index contributed by atoms with van der Waals surface area (Å²) < 4.78 is 0. The highest BCUT2D eigenvalue weighted by atomic mass is 16.2. The average Bonchev–Trinajstić information content (AvgIpc) is 2.54. The Morgan fingerprint density at radius 2 is 2.00 bits per heavy atom. The minimum atomic E-state index is -0.0356. The molecule has 0 aliphatic carbocycles. The number of benzene rings is 1. The van der Waals surface area contributed by atoms with Crippen molar-refractivity contribution < 1.29 is 4.79 Å². The fourth-order valence-corrected chi connectivity index (χ4v) is 2.49. The van der Waals surface area contributed by atoms with Gasteiger partial charge in [0.15, 0.2) is 0 Å². The van der Waals surface area contributed by atoms with E-state index >= 15 is 0 Å². The number of aryl methyl sites for hydroxylation is 2. The predicted octanol–water partition coefficient (Wildman–Crippen LogP) is 2.06. The highest BCUT2D eigenvalue weighted by Gasteiger charge is 2.20. The lowest BCUT2D eigenvalue weighted by atomic mass is 10.0. The molecule has 1 unspecified atom stereocenters. The molecule has 1 atom stereocenters. The van der Waals surface area contributed by atoms with Gasteiger partial charge in [-0.2, -0.15) is 0 Å². The normalized spacial score (nSPS) is 20.3. The molecule has 1 aliphatic heterocycles. The van der Waals surface area contributed by atoms with E-state index in [0.29, 0.717) is 0 Å². The lowest BCUT2D eigenvalue weighted by Gasteiger charge is -2.17. The van der Waals surface area contributed by atoms with E-state index < -0.39 is 0 Å². The third kappa shape index (κ3) is 3.10. The van der Waals surface area contributed by atoms with E-state index in [9.17, 15) is 4.79 Å². The van der Waals surface area contributed by atoms with Crippen LogP contribution in [0.25, 0.3) is 0 Å². The molecule has 3 nitrogen and oxygen atoms in total. The molecule has 1 fully saturated rings. The van der Waals surface area contributed by atoms with Gasteiger partial charge in [0.05, 0.1) is 6.04 Å². The third-order valence-electron chi connectivity index (χ3n) is 3.71. The molecular formula is C15H22N2O. The van der Waals surface area contributed by atoms with Gasteiger partial charge in [0.1, 0.15) is 0 Å². The van der Waals surface area contributed by atoms with Gasteiger partial charge in [-0.05, 0) is 49.8 Å². The molecule has 1 aromatic rings. The van der Waals surface area contributed by atoms with E-state index in [1.165, 1.54) is 16.7 Å². The van der Waals surface area contributed by atoms with Gasteiger partial charge in [-0.25, -0.2) is 0 Å². The number of rotatable bonds is 3. The molecule has 1 amide bonds. The van der Waals surface area contributed by atoms with Gasteiger partial charge in [-0.3, -0.25) is 4.79 Å². The van der Waals surface area contributed by atoms with E-state index in [0.717, 1.165) is 32.4 Å². The first-order valence-corrected chi connectivity index (χ1v) is 6.74. The van der Waals surface area contributed by atoms with Gasteiger partial charge >= 0.3 is 0 Å². The van der Waals surface area contributed by atoms with Crippen LogP contribution >= 0.6 is 0 Å². The Morgan fingerprint density at radius 1 is 1.28 bits per heavy atom. The first kappa shape index (κ1) is 13.1. The minimum Gasteiger partial charge on any atom is -0.355 e. The maximum atomic E-state index is 11.8. The number of amides is 1. The molecule has 2 N–H and O–H groups in total. The van der Waals surface area contributed by atoms with Crippen molar-refractivity contribution in [2.24, 2.45) is 0 Å². The molecule has 0 radical (unpaired) electrons. The quantitative estimate of drug-likeness (QED) is 0.857. The van der Waals surface area contributed by atoms with Crippen molar-refractivity contribution >= 4 is 5.91 Å². The van der Waals surface area contributed by atoms with Crippen LogP contribution in [0.1, 0.15) is 36.0 Å². The molecule has 98 valence electrons. The van der Waals surface area contributed by atoms with Crippen LogP contribution in [0.15, 0.2) is 18.2 Å². The number of hydrogen-bond acceptors (Lipinski definition) is 2. The Bertz CT molecular complexity index is 408. The first-order chi connectivity index (χ1) is 8.68. The van der Waals surface area contributed by atoms with E-state index in [1.54, 1.807) is 0 Å². The van der Waals surface area contributed by atoms with Crippen molar-refractivity contribution in [2.45, 2.75) is 45.7 Å². The zero-order valence-electron chi connectivity index (χ0n) is 11.3. The van der Waals surface area contributed by atoms with Crippen molar-refractivity contribution in [1.82, 2.24) is 10.6 Å². The average molecular weight is 246 g/mol. The standard InChI is InChI=1S/C15H22N2O/c1-11-6-5-7-12(2)13(11)10-17-14-8-3-4-9-16-15(14)18/h5-7,14,17H,3-4,8-10H2,1-2H3,(H,16,18). The second kappa shape index (κ2) is 6.01. The van der Waals surface area contributed by atoms with Crippen LogP contribution < -0.4 is 10.6 Å². The smallest absolute Gasteiger partial charge is 0.237 e. The molecular weight excluding hydrogens is 224 g/mol. The zero-order chi connectivity index (χ0) is 13.0. The van der Waals surface area contributed by atoms with Crippen LogP contribution in [0, 0.1) is 13.8 Å². The summed E-state index contributed by atoms with van der Waals surface area (Å²) in [7, 11) is 0. The van der Waals surface area contributed by atoms with Crippen molar-refractivity contribution in [3.05, 3.63) is 34.9 Å². The molecule has 1 aliphatic rings. The van der Waals surface area contributed by atoms with Crippen molar-refractivity contribution in [1.29, 1.82) is 0 Å². The van der Waals surface area contributed by atoms with E-state index in [4.69, 9.17) is 0 Å². The summed E-state index contributed by atoms with van der Waals surface area (Å²) in [6.45, 7) is 5.84. The molecule has 1 aromatic carbocycles. The van der Waals surface area contributed by atoms with Crippen LogP contribution in [0.4, 0.5) is 0 Å². The lowest BCUT2D eigenvalue weighted by molar-refractivity contribution is -0.122. The van der Waals surface area contributed by atoms with Gasteiger partial charge in [-0.15, -0.1) is 0 Å². The maximum Gasteiger partial charge on any atom is 0.237 e. The summed E-state index contributed by atoms with van der Waals surface area (Å²) in [5, 5.41) is 6.36. The summed E-state index contributed by atoms with van der Waals surface area (Å²) in [4.78, 5) is 11.8. The van der Waals surface area contributed by atoms with Crippen LogP contribution in [-0.2, 0) is 11.3 Å². The number of nitrogens with one attached hydrogen (secondary N) is 2. The number of carbonyl (C=O) groups is 1. The Labute approximate surface area is 109 Å². The maximum absolute atomic E-state index is 11.8. The summed E-state index contributed by atoms with van der Waals surface area (Å²) in [6, 6.07) is 6.28. The molecule has 1 heterocycles. The number of carbonyl (C=O) groups excluding carboxylic acids is 1. The van der Waals surface area contributed by atoms with E-state index in [1.807, 2.05) is 0 Å². The van der Waals surface area contributed by atoms with Crippen molar-refractivity contribution in [3.8, 4) is 0 Å². The Kier molecular flexibility index (Phi) is 4.37. The topological polar surface area (TPSA) is 41.1 Å². The monoisotopic (exact) mass is 246 g/mol. The van der Waals surface area contributed by atoms with Crippen LogP contribution in [0.3, 0.4) is 0 Å². The highest BCUT2D eigenvalue weighted by molar-refractivity contribution is 5.81. The summed E-state index contributed by atoms with van der Waals surface area (Å²) in [5.41, 5.74) is 3.89. The molecule has 1 saturated heterocycles. The second-order valence-corrected chi connectivity index (χ2v) is 5.09. The van der Waals surface area contributed by atoms with Gasteiger partial charge in [-0.1, -0.05) is 18.2 Å².